The van der Waals surface area contributed by atoms with Crippen molar-refractivity contribution in [3.63, 3.8) is 0 Å². The molecule has 0 unspecified atom stereocenters. The van der Waals surface area contributed by atoms with Crippen molar-refractivity contribution in [1.29, 1.82) is 0 Å². The van der Waals surface area contributed by atoms with Crippen LogP contribution in [0.2, 0.25) is 0 Å². The lowest BCUT2D eigenvalue weighted by Gasteiger charge is -2.11. The number of benzene rings is 1. The van der Waals surface area contributed by atoms with Crippen LogP contribution >= 0.6 is 0 Å². The molecule has 0 aliphatic carbocycles. The molecule has 2 N–H and O–H groups in total. The second kappa shape index (κ2) is 8.27. The molecule has 0 saturated carbocycles. The van der Waals surface area contributed by atoms with Gasteiger partial charge in [0.25, 0.3) is 5.91 Å². The number of amides is 1. The monoisotopic (exact) mass is 312 g/mol. The first kappa shape index (κ1) is 16.9. The SMILES string of the molecule is CCCCCNC(=O)c1cc(Nc2ccccc2C)nc(C)n1. The van der Waals surface area contributed by atoms with Crippen LogP contribution < -0.4 is 10.6 Å². The van der Waals surface area contributed by atoms with Crippen LogP contribution in [0, 0.1) is 13.8 Å². The normalized spacial score (nSPS) is 10.4. The summed E-state index contributed by atoms with van der Waals surface area (Å²) >= 11 is 0. The standard InChI is InChI=1S/C18H24N4O/c1-4-5-8-11-19-18(23)16-12-17(21-14(3)20-16)22-15-10-7-6-9-13(15)2/h6-7,9-10,12H,4-5,8,11H2,1-3H3,(H,19,23)(H,20,21,22). The van der Waals surface area contributed by atoms with E-state index >= 15 is 0 Å². The molecule has 0 atom stereocenters. The van der Waals surface area contributed by atoms with Gasteiger partial charge in [0.15, 0.2) is 0 Å². The van der Waals surface area contributed by atoms with Gasteiger partial charge in [-0.3, -0.25) is 4.79 Å². The summed E-state index contributed by atoms with van der Waals surface area (Å²) in [7, 11) is 0. The molecule has 2 aromatic rings. The number of hydrogen-bond donors (Lipinski definition) is 2. The van der Waals surface area contributed by atoms with Crippen LogP contribution in [0.3, 0.4) is 0 Å². The molecule has 5 nitrogen and oxygen atoms in total. The van der Waals surface area contributed by atoms with Gasteiger partial charge in [-0.15, -0.1) is 0 Å². The maximum atomic E-state index is 12.2. The lowest BCUT2D eigenvalue weighted by atomic mass is 10.2. The molecule has 1 amide bonds. The maximum Gasteiger partial charge on any atom is 0.270 e. The Morgan fingerprint density at radius 1 is 1.13 bits per heavy atom. The highest BCUT2D eigenvalue weighted by molar-refractivity contribution is 5.93. The Labute approximate surface area is 137 Å². The number of aromatic nitrogens is 2. The highest BCUT2D eigenvalue weighted by Gasteiger charge is 2.10. The summed E-state index contributed by atoms with van der Waals surface area (Å²) in [5, 5.41) is 6.16. The molecular formula is C18H24N4O. The lowest BCUT2D eigenvalue weighted by Crippen LogP contribution is -2.25. The van der Waals surface area contributed by atoms with Gasteiger partial charge in [0.2, 0.25) is 0 Å². The third-order valence-electron chi connectivity index (χ3n) is 3.54. The van der Waals surface area contributed by atoms with Crippen molar-refractivity contribution < 1.29 is 4.79 Å². The maximum absolute atomic E-state index is 12.2. The van der Waals surface area contributed by atoms with Crippen molar-refractivity contribution in [2.45, 2.75) is 40.0 Å². The van der Waals surface area contributed by atoms with Gasteiger partial charge in [-0.1, -0.05) is 38.0 Å². The predicted molar refractivity (Wildman–Crippen MR) is 93.1 cm³/mol. The summed E-state index contributed by atoms with van der Waals surface area (Å²) in [6, 6.07) is 9.65. The van der Waals surface area contributed by atoms with Gasteiger partial charge >= 0.3 is 0 Å². The van der Waals surface area contributed by atoms with Crippen molar-refractivity contribution in [2.75, 3.05) is 11.9 Å². The Morgan fingerprint density at radius 3 is 2.65 bits per heavy atom. The molecule has 1 heterocycles. The van der Waals surface area contributed by atoms with Crippen molar-refractivity contribution in [3.8, 4) is 0 Å². The quantitative estimate of drug-likeness (QED) is 0.764. The molecule has 1 aromatic heterocycles. The summed E-state index contributed by atoms with van der Waals surface area (Å²) in [5.41, 5.74) is 2.49. The fraction of sp³-hybridized carbons (Fsp3) is 0.389. The van der Waals surface area contributed by atoms with Gasteiger partial charge in [-0.2, -0.15) is 0 Å². The fourth-order valence-corrected chi connectivity index (χ4v) is 2.27. The van der Waals surface area contributed by atoms with E-state index in [0.717, 1.165) is 30.5 Å². The molecule has 2 rings (SSSR count). The molecule has 0 fully saturated rings. The molecule has 0 aliphatic rings. The Balaban J connectivity index is 2.09. The summed E-state index contributed by atoms with van der Waals surface area (Å²) in [5.74, 6) is 1.05. The molecule has 0 spiro atoms. The number of nitrogens with one attached hydrogen (secondary N) is 2. The number of rotatable bonds is 7. The van der Waals surface area contributed by atoms with E-state index < -0.39 is 0 Å². The topological polar surface area (TPSA) is 66.9 Å². The van der Waals surface area contributed by atoms with Gasteiger partial charge in [-0.05, 0) is 31.9 Å². The molecule has 0 aliphatic heterocycles. The number of unbranched alkanes of at least 4 members (excludes halogenated alkanes) is 2. The first-order valence-electron chi connectivity index (χ1n) is 8.06. The molecule has 23 heavy (non-hydrogen) atoms. The van der Waals surface area contributed by atoms with E-state index in [1.54, 1.807) is 13.0 Å². The smallest absolute Gasteiger partial charge is 0.270 e. The van der Waals surface area contributed by atoms with Gasteiger partial charge in [-0.25, -0.2) is 9.97 Å². The van der Waals surface area contributed by atoms with Crippen LogP contribution in [-0.4, -0.2) is 22.4 Å². The van der Waals surface area contributed by atoms with E-state index in [4.69, 9.17) is 0 Å². The number of carbonyl (C=O) groups excluding carboxylic acids is 1. The van der Waals surface area contributed by atoms with Gasteiger partial charge < -0.3 is 10.6 Å². The third-order valence-corrected chi connectivity index (χ3v) is 3.54. The minimum Gasteiger partial charge on any atom is -0.351 e. The van der Waals surface area contributed by atoms with E-state index in [-0.39, 0.29) is 5.91 Å². The number of aryl methyl sites for hydroxylation is 2. The van der Waals surface area contributed by atoms with Gasteiger partial charge in [0.05, 0.1) is 0 Å². The Bertz CT molecular complexity index is 670. The van der Waals surface area contributed by atoms with Crippen LogP contribution in [0.5, 0.6) is 0 Å². The minimum absolute atomic E-state index is 0.153. The Kier molecular flexibility index (Phi) is 6.09. The zero-order valence-corrected chi connectivity index (χ0v) is 14.0. The van der Waals surface area contributed by atoms with Gasteiger partial charge in [0.1, 0.15) is 17.3 Å². The first-order valence-corrected chi connectivity index (χ1v) is 8.06. The number of nitrogens with zero attached hydrogens (tertiary/aromatic N) is 2. The van der Waals surface area contributed by atoms with Crippen molar-refractivity contribution >= 4 is 17.4 Å². The lowest BCUT2D eigenvalue weighted by molar-refractivity contribution is 0.0947. The second-order valence-electron chi connectivity index (χ2n) is 5.59. The van der Waals surface area contributed by atoms with Crippen molar-refractivity contribution in [2.24, 2.45) is 0 Å². The zero-order valence-electron chi connectivity index (χ0n) is 14.0. The molecule has 0 radical (unpaired) electrons. The molecule has 1 aromatic carbocycles. The molecule has 122 valence electrons. The summed E-state index contributed by atoms with van der Waals surface area (Å²) in [4.78, 5) is 20.8. The average molecular weight is 312 g/mol. The highest BCUT2D eigenvalue weighted by Crippen LogP contribution is 2.19. The van der Waals surface area contributed by atoms with E-state index in [9.17, 15) is 4.79 Å². The van der Waals surface area contributed by atoms with Crippen LogP contribution in [-0.2, 0) is 0 Å². The highest BCUT2D eigenvalue weighted by atomic mass is 16.1. The number of hydrogen-bond acceptors (Lipinski definition) is 4. The van der Waals surface area contributed by atoms with Crippen molar-refractivity contribution in [1.82, 2.24) is 15.3 Å². The van der Waals surface area contributed by atoms with Crippen LogP contribution in [0.1, 0.15) is 48.1 Å². The predicted octanol–water partition coefficient (Wildman–Crippen LogP) is 3.76. The summed E-state index contributed by atoms with van der Waals surface area (Å²) < 4.78 is 0. The van der Waals surface area contributed by atoms with Crippen LogP contribution in [0.15, 0.2) is 30.3 Å². The van der Waals surface area contributed by atoms with Crippen LogP contribution in [0.4, 0.5) is 11.5 Å². The number of carbonyl (C=O) groups is 1. The molecule has 5 heteroatoms. The van der Waals surface area contributed by atoms with E-state index in [2.05, 4.69) is 27.5 Å². The molecule has 0 bridgehead atoms. The summed E-state index contributed by atoms with van der Waals surface area (Å²) in [6.45, 7) is 6.63. The van der Waals surface area contributed by atoms with E-state index in [0.29, 0.717) is 23.9 Å². The number of para-hydroxylation sites is 1. The Morgan fingerprint density at radius 2 is 1.91 bits per heavy atom. The van der Waals surface area contributed by atoms with Crippen molar-refractivity contribution in [3.05, 3.63) is 47.4 Å². The second-order valence-corrected chi connectivity index (χ2v) is 5.59. The largest absolute Gasteiger partial charge is 0.351 e. The van der Waals surface area contributed by atoms with Gasteiger partial charge in [0, 0.05) is 18.3 Å². The Hall–Kier alpha value is -2.43. The molecular weight excluding hydrogens is 288 g/mol. The average Bonchev–Trinajstić information content (AvgIpc) is 2.53. The van der Waals surface area contributed by atoms with E-state index in [1.807, 2.05) is 31.2 Å². The van der Waals surface area contributed by atoms with Crippen LogP contribution in [0.25, 0.3) is 0 Å². The summed E-state index contributed by atoms with van der Waals surface area (Å²) in [6.07, 6.45) is 3.23. The number of anilines is 2. The third kappa shape index (κ3) is 5.06. The molecule has 0 saturated heterocycles. The fourth-order valence-electron chi connectivity index (χ4n) is 2.27. The van der Waals surface area contributed by atoms with E-state index in [1.165, 1.54) is 0 Å². The first-order chi connectivity index (χ1) is 11.1. The zero-order chi connectivity index (χ0) is 16.7. The minimum atomic E-state index is -0.153.